The van der Waals surface area contributed by atoms with Gasteiger partial charge < -0.3 is 24.2 Å². The molecule has 2 aliphatic rings. The van der Waals surface area contributed by atoms with E-state index in [2.05, 4.69) is 15.9 Å². The number of likely N-dealkylation sites (tertiary alicyclic amines) is 1. The van der Waals surface area contributed by atoms with Gasteiger partial charge in [-0.15, -0.1) is 0 Å². The minimum Gasteiger partial charge on any atom is -0.507 e. The lowest BCUT2D eigenvalue weighted by atomic mass is 9.95. The molecule has 1 unspecified atom stereocenters. The Labute approximate surface area is 182 Å². The number of rotatable bonds is 5. The highest BCUT2D eigenvalue weighted by atomic mass is 79.9. The van der Waals surface area contributed by atoms with E-state index in [1.165, 1.54) is 12.0 Å². The quantitative estimate of drug-likeness (QED) is 0.407. The highest BCUT2D eigenvalue weighted by Crippen LogP contribution is 2.41. The van der Waals surface area contributed by atoms with E-state index in [1.54, 1.807) is 18.2 Å². The van der Waals surface area contributed by atoms with E-state index in [-0.39, 0.29) is 24.5 Å². The Hall–Kier alpha value is -2.84. The second-order valence-electron chi connectivity index (χ2n) is 6.90. The van der Waals surface area contributed by atoms with Crippen LogP contribution in [0.3, 0.4) is 0 Å². The van der Waals surface area contributed by atoms with Gasteiger partial charge in [0.25, 0.3) is 11.7 Å². The Morgan fingerprint density at radius 3 is 2.53 bits per heavy atom. The summed E-state index contributed by atoms with van der Waals surface area (Å²) in [7, 11) is 1.53. The SMILES string of the molecule is COCCN1C(=O)C(=O)C(=C(O)c2ccc3c(c2)OCCO3)C1c1ccc(Br)cc1. The maximum absolute atomic E-state index is 12.9. The molecule has 2 aliphatic heterocycles. The van der Waals surface area contributed by atoms with Crippen LogP contribution < -0.4 is 9.47 Å². The molecule has 1 saturated heterocycles. The second kappa shape index (κ2) is 8.49. The Balaban J connectivity index is 1.82. The normalized spacial score (nSPS) is 19.9. The molecule has 0 spiro atoms. The fraction of sp³-hybridized carbons (Fsp3) is 0.273. The molecule has 8 heteroatoms. The molecule has 1 fully saturated rings. The number of methoxy groups -OCH3 is 1. The summed E-state index contributed by atoms with van der Waals surface area (Å²) in [6.07, 6.45) is 0. The summed E-state index contributed by atoms with van der Waals surface area (Å²) in [5, 5.41) is 11.1. The number of nitrogens with zero attached hydrogens (tertiary/aromatic N) is 1. The van der Waals surface area contributed by atoms with E-state index < -0.39 is 17.7 Å². The first-order chi connectivity index (χ1) is 14.5. The predicted octanol–water partition coefficient (Wildman–Crippen LogP) is 3.29. The van der Waals surface area contributed by atoms with Crippen LogP contribution in [-0.4, -0.2) is 55.2 Å². The highest BCUT2D eigenvalue weighted by molar-refractivity contribution is 9.10. The van der Waals surface area contributed by atoms with Crippen molar-refractivity contribution in [2.24, 2.45) is 0 Å². The van der Waals surface area contributed by atoms with Crippen molar-refractivity contribution in [2.45, 2.75) is 6.04 Å². The minimum absolute atomic E-state index is 0.0371. The van der Waals surface area contributed by atoms with Crippen molar-refractivity contribution in [3.63, 3.8) is 0 Å². The van der Waals surface area contributed by atoms with E-state index in [9.17, 15) is 14.7 Å². The molecule has 0 aromatic heterocycles. The molecule has 156 valence electrons. The molecule has 7 nitrogen and oxygen atoms in total. The average molecular weight is 474 g/mol. The number of amides is 1. The number of hydrogen-bond donors (Lipinski definition) is 1. The number of ketones is 1. The van der Waals surface area contributed by atoms with E-state index in [0.29, 0.717) is 35.8 Å². The lowest BCUT2D eigenvalue weighted by Gasteiger charge is -2.25. The van der Waals surface area contributed by atoms with E-state index in [4.69, 9.17) is 14.2 Å². The highest BCUT2D eigenvalue weighted by Gasteiger charge is 2.45. The Morgan fingerprint density at radius 1 is 1.13 bits per heavy atom. The van der Waals surface area contributed by atoms with Gasteiger partial charge in [-0.1, -0.05) is 28.1 Å². The molecule has 0 bridgehead atoms. The number of aliphatic hydroxyl groups is 1. The summed E-state index contributed by atoms with van der Waals surface area (Å²) in [6, 6.07) is 11.5. The van der Waals surface area contributed by atoms with Crippen molar-refractivity contribution in [3.05, 3.63) is 63.6 Å². The van der Waals surface area contributed by atoms with Crippen molar-refractivity contribution in [2.75, 3.05) is 33.5 Å². The number of carbonyl (C=O) groups excluding carboxylic acids is 2. The van der Waals surface area contributed by atoms with Crippen LogP contribution in [0.1, 0.15) is 17.2 Å². The summed E-state index contributed by atoms with van der Waals surface area (Å²) in [6.45, 7) is 1.34. The molecule has 2 aromatic carbocycles. The molecule has 1 amide bonds. The Kier molecular flexibility index (Phi) is 5.78. The van der Waals surface area contributed by atoms with Crippen molar-refractivity contribution in [1.82, 2.24) is 4.90 Å². The van der Waals surface area contributed by atoms with Crippen molar-refractivity contribution in [1.29, 1.82) is 0 Å². The Bertz CT molecular complexity index is 1020. The van der Waals surface area contributed by atoms with Gasteiger partial charge in [-0.05, 0) is 35.9 Å². The van der Waals surface area contributed by atoms with Crippen molar-refractivity contribution >= 4 is 33.4 Å². The van der Waals surface area contributed by atoms with Gasteiger partial charge in [-0.3, -0.25) is 9.59 Å². The van der Waals surface area contributed by atoms with Crippen LogP contribution in [0.2, 0.25) is 0 Å². The van der Waals surface area contributed by atoms with Crippen LogP contribution in [0.15, 0.2) is 52.5 Å². The van der Waals surface area contributed by atoms with Gasteiger partial charge in [0, 0.05) is 23.7 Å². The first-order valence-corrected chi connectivity index (χ1v) is 10.2. The third kappa shape index (κ3) is 3.68. The van der Waals surface area contributed by atoms with E-state index >= 15 is 0 Å². The zero-order chi connectivity index (χ0) is 21.3. The molecule has 0 aliphatic carbocycles. The molecule has 2 aromatic rings. The summed E-state index contributed by atoms with van der Waals surface area (Å²) in [4.78, 5) is 27.1. The molecule has 0 radical (unpaired) electrons. The van der Waals surface area contributed by atoms with Crippen LogP contribution in [-0.2, 0) is 14.3 Å². The maximum atomic E-state index is 12.9. The largest absolute Gasteiger partial charge is 0.507 e. The van der Waals surface area contributed by atoms with Gasteiger partial charge in [0.05, 0.1) is 18.2 Å². The molecular formula is C22H20BrNO6. The van der Waals surface area contributed by atoms with Gasteiger partial charge in [0.2, 0.25) is 0 Å². The van der Waals surface area contributed by atoms with Gasteiger partial charge in [0.15, 0.2) is 11.5 Å². The first kappa shape index (κ1) is 20.4. The molecule has 1 atom stereocenters. The number of Topliss-reactive ketones (excluding diaryl/α,β-unsaturated/α-hetero) is 1. The molecular weight excluding hydrogens is 454 g/mol. The number of hydrogen-bond acceptors (Lipinski definition) is 6. The van der Waals surface area contributed by atoms with Gasteiger partial charge in [-0.25, -0.2) is 0 Å². The summed E-state index contributed by atoms with van der Waals surface area (Å²) in [5.74, 6) is -0.592. The predicted molar refractivity (Wildman–Crippen MR) is 112 cm³/mol. The second-order valence-corrected chi connectivity index (χ2v) is 7.81. The standard InChI is InChI=1S/C22H20BrNO6/c1-28-9-8-24-19(13-2-5-15(23)6-3-13)18(21(26)22(24)27)20(25)14-4-7-16-17(12-14)30-11-10-29-16/h2-7,12,19,25H,8-11H2,1H3. The molecule has 4 rings (SSSR count). The fourth-order valence-electron chi connectivity index (χ4n) is 3.64. The Morgan fingerprint density at radius 2 is 1.83 bits per heavy atom. The van der Waals surface area contributed by atoms with Crippen molar-refractivity contribution in [3.8, 4) is 11.5 Å². The van der Waals surface area contributed by atoms with E-state index in [1.807, 2.05) is 24.3 Å². The van der Waals surface area contributed by atoms with Gasteiger partial charge in [-0.2, -0.15) is 0 Å². The maximum Gasteiger partial charge on any atom is 0.295 e. The number of ether oxygens (including phenoxy) is 3. The molecule has 2 heterocycles. The summed E-state index contributed by atoms with van der Waals surface area (Å²) < 4.78 is 17.1. The van der Waals surface area contributed by atoms with Crippen LogP contribution in [0.4, 0.5) is 0 Å². The lowest BCUT2D eigenvalue weighted by molar-refractivity contribution is -0.140. The van der Waals surface area contributed by atoms with Crippen LogP contribution >= 0.6 is 15.9 Å². The number of halogens is 1. The molecule has 0 saturated carbocycles. The smallest absolute Gasteiger partial charge is 0.295 e. The number of fused-ring (bicyclic) bond motifs is 1. The zero-order valence-corrected chi connectivity index (χ0v) is 17.8. The fourth-order valence-corrected chi connectivity index (χ4v) is 3.90. The van der Waals surface area contributed by atoms with E-state index in [0.717, 1.165) is 4.47 Å². The lowest BCUT2D eigenvalue weighted by Crippen LogP contribution is -2.32. The summed E-state index contributed by atoms with van der Waals surface area (Å²) >= 11 is 3.40. The van der Waals surface area contributed by atoms with Gasteiger partial charge in [0.1, 0.15) is 19.0 Å². The first-order valence-electron chi connectivity index (χ1n) is 9.44. The van der Waals surface area contributed by atoms with Crippen molar-refractivity contribution < 1.29 is 28.9 Å². The van der Waals surface area contributed by atoms with Crippen LogP contribution in [0.5, 0.6) is 11.5 Å². The average Bonchev–Trinajstić information content (AvgIpc) is 3.02. The summed E-state index contributed by atoms with van der Waals surface area (Å²) in [5.41, 5.74) is 1.13. The topological polar surface area (TPSA) is 85.3 Å². The third-order valence-corrected chi connectivity index (χ3v) is 5.61. The zero-order valence-electron chi connectivity index (χ0n) is 16.3. The number of carbonyl (C=O) groups is 2. The number of benzene rings is 2. The van der Waals surface area contributed by atoms with Gasteiger partial charge >= 0.3 is 0 Å². The van der Waals surface area contributed by atoms with Crippen LogP contribution in [0.25, 0.3) is 5.76 Å². The monoisotopic (exact) mass is 473 g/mol. The van der Waals surface area contributed by atoms with Crippen LogP contribution in [0, 0.1) is 0 Å². The number of aliphatic hydroxyl groups excluding tert-OH is 1. The minimum atomic E-state index is -0.730. The third-order valence-electron chi connectivity index (χ3n) is 5.08. The molecule has 1 N–H and O–H groups in total. The molecule has 30 heavy (non-hydrogen) atoms.